The fourth-order valence-electron chi connectivity index (χ4n) is 3.41. The molecule has 18 heavy (non-hydrogen) atoms. The van der Waals surface area contributed by atoms with Gasteiger partial charge < -0.3 is 14.6 Å². The zero-order valence-corrected chi connectivity index (χ0v) is 11.5. The lowest BCUT2D eigenvalue weighted by molar-refractivity contribution is -0.00477. The third kappa shape index (κ3) is 3.92. The van der Waals surface area contributed by atoms with E-state index in [1.807, 2.05) is 0 Å². The molecule has 3 unspecified atom stereocenters. The molecule has 106 valence electrons. The highest BCUT2D eigenvalue weighted by Crippen LogP contribution is 2.35. The average Bonchev–Trinajstić information content (AvgIpc) is 2.78. The van der Waals surface area contributed by atoms with Crippen molar-refractivity contribution in [3.05, 3.63) is 0 Å². The van der Waals surface area contributed by atoms with Crippen LogP contribution in [0, 0.1) is 5.92 Å². The Balaban J connectivity index is 1.65. The summed E-state index contributed by atoms with van der Waals surface area (Å²) >= 11 is 0. The molecule has 0 aromatic carbocycles. The maximum absolute atomic E-state index is 9.99. The third-order valence-corrected chi connectivity index (χ3v) is 4.31. The summed E-state index contributed by atoms with van der Waals surface area (Å²) in [6.45, 7) is 3.52. The Morgan fingerprint density at radius 1 is 1.22 bits per heavy atom. The lowest BCUT2D eigenvalue weighted by atomic mass is 9.85. The molecule has 0 bridgehead atoms. The molecule has 1 saturated carbocycles. The number of aliphatic hydroxyl groups excluding tert-OH is 1. The van der Waals surface area contributed by atoms with Gasteiger partial charge in [0.15, 0.2) is 0 Å². The van der Waals surface area contributed by atoms with E-state index in [1.165, 1.54) is 32.1 Å². The van der Waals surface area contributed by atoms with Crippen molar-refractivity contribution in [1.29, 1.82) is 0 Å². The van der Waals surface area contributed by atoms with E-state index in [1.54, 1.807) is 7.11 Å². The third-order valence-electron chi connectivity index (χ3n) is 4.31. The molecular weight excluding hydrogens is 230 g/mol. The number of likely N-dealkylation sites (tertiary alicyclic amines) is 1. The maximum atomic E-state index is 9.99. The van der Waals surface area contributed by atoms with Crippen molar-refractivity contribution in [2.45, 2.75) is 44.2 Å². The van der Waals surface area contributed by atoms with E-state index >= 15 is 0 Å². The molecule has 1 aliphatic carbocycles. The Labute approximate surface area is 110 Å². The first kappa shape index (κ1) is 14.3. The Hall–Kier alpha value is -0.160. The molecule has 4 nitrogen and oxygen atoms in total. The lowest BCUT2D eigenvalue weighted by Crippen LogP contribution is -2.41. The van der Waals surface area contributed by atoms with E-state index in [2.05, 4.69) is 4.90 Å². The molecule has 0 radical (unpaired) electrons. The first-order valence-corrected chi connectivity index (χ1v) is 7.30. The summed E-state index contributed by atoms with van der Waals surface area (Å²) < 4.78 is 10.3. The van der Waals surface area contributed by atoms with Gasteiger partial charge in [-0.3, -0.25) is 4.90 Å². The van der Waals surface area contributed by atoms with E-state index in [0.29, 0.717) is 19.8 Å². The Kier molecular flexibility index (Phi) is 5.89. The SMILES string of the molecule is COCCOCC(O)CN1CCC2CCCCC21. The zero-order valence-electron chi connectivity index (χ0n) is 11.5. The molecule has 0 amide bonds. The highest BCUT2D eigenvalue weighted by atomic mass is 16.5. The number of fused-ring (bicyclic) bond motifs is 1. The van der Waals surface area contributed by atoms with Crippen molar-refractivity contribution >= 4 is 0 Å². The van der Waals surface area contributed by atoms with E-state index in [9.17, 15) is 5.11 Å². The van der Waals surface area contributed by atoms with Gasteiger partial charge in [-0.2, -0.15) is 0 Å². The van der Waals surface area contributed by atoms with Gasteiger partial charge in [0, 0.05) is 19.7 Å². The van der Waals surface area contributed by atoms with Crippen LogP contribution in [-0.2, 0) is 9.47 Å². The molecule has 1 saturated heterocycles. The molecule has 2 rings (SSSR count). The summed E-state index contributed by atoms with van der Waals surface area (Å²) in [6, 6.07) is 0.729. The van der Waals surface area contributed by atoms with Crippen molar-refractivity contribution in [3.8, 4) is 0 Å². The molecule has 1 N–H and O–H groups in total. The number of methoxy groups -OCH3 is 1. The van der Waals surface area contributed by atoms with Gasteiger partial charge in [-0.05, 0) is 31.7 Å². The zero-order chi connectivity index (χ0) is 12.8. The van der Waals surface area contributed by atoms with Gasteiger partial charge in [-0.25, -0.2) is 0 Å². The second-order valence-corrected chi connectivity index (χ2v) is 5.62. The van der Waals surface area contributed by atoms with Crippen LogP contribution in [-0.4, -0.2) is 62.2 Å². The van der Waals surface area contributed by atoms with Crippen LogP contribution in [0.25, 0.3) is 0 Å². The average molecular weight is 257 g/mol. The minimum atomic E-state index is -0.359. The van der Waals surface area contributed by atoms with Crippen LogP contribution in [0.1, 0.15) is 32.1 Å². The molecule has 2 fully saturated rings. The molecule has 1 aliphatic heterocycles. The summed E-state index contributed by atoms with van der Waals surface area (Å²) in [5, 5.41) is 9.99. The number of rotatable bonds is 7. The van der Waals surface area contributed by atoms with E-state index < -0.39 is 0 Å². The quantitative estimate of drug-likeness (QED) is 0.698. The number of nitrogens with zero attached hydrogens (tertiary/aromatic N) is 1. The highest BCUT2D eigenvalue weighted by Gasteiger charge is 2.36. The molecule has 0 aromatic rings. The van der Waals surface area contributed by atoms with Crippen molar-refractivity contribution in [3.63, 3.8) is 0 Å². The molecule has 2 aliphatic rings. The topological polar surface area (TPSA) is 41.9 Å². The molecule has 1 heterocycles. The predicted molar refractivity (Wildman–Crippen MR) is 70.6 cm³/mol. The van der Waals surface area contributed by atoms with Crippen molar-refractivity contribution in [1.82, 2.24) is 4.90 Å². The molecule has 0 spiro atoms. The second-order valence-electron chi connectivity index (χ2n) is 5.62. The van der Waals surface area contributed by atoms with Crippen LogP contribution in [0.2, 0.25) is 0 Å². The summed E-state index contributed by atoms with van der Waals surface area (Å²) in [4.78, 5) is 2.48. The van der Waals surface area contributed by atoms with Crippen LogP contribution in [0.4, 0.5) is 0 Å². The number of hydrogen-bond acceptors (Lipinski definition) is 4. The van der Waals surface area contributed by atoms with Crippen LogP contribution in [0.15, 0.2) is 0 Å². The summed E-state index contributed by atoms with van der Waals surface area (Å²) in [7, 11) is 1.66. The lowest BCUT2D eigenvalue weighted by Gasteiger charge is -2.32. The van der Waals surface area contributed by atoms with Gasteiger partial charge in [0.05, 0.1) is 25.9 Å². The smallest absolute Gasteiger partial charge is 0.0900 e. The van der Waals surface area contributed by atoms with Gasteiger partial charge in [0.1, 0.15) is 0 Å². The molecular formula is C14H27NO3. The maximum Gasteiger partial charge on any atom is 0.0900 e. The monoisotopic (exact) mass is 257 g/mol. The van der Waals surface area contributed by atoms with Gasteiger partial charge in [-0.15, -0.1) is 0 Å². The molecule has 3 atom stereocenters. The van der Waals surface area contributed by atoms with Crippen LogP contribution < -0.4 is 0 Å². The fraction of sp³-hybridized carbons (Fsp3) is 1.00. The normalized spacial score (nSPS) is 30.3. The van der Waals surface area contributed by atoms with Gasteiger partial charge in [-0.1, -0.05) is 12.8 Å². The Bertz CT molecular complexity index is 237. The minimum Gasteiger partial charge on any atom is -0.389 e. The number of ether oxygens (including phenoxy) is 2. The van der Waals surface area contributed by atoms with Crippen molar-refractivity contribution < 1.29 is 14.6 Å². The Morgan fingerprint density at radius 2 is 2.06 bits per heavy atom. The summed E-state index contributed by atoms with van der Waals surface area (Å²) in [5.74, 6) is 0.889. The molecule has 0 aromatic heterocycles. The van der Waals surface area contributed by atoms with Crippen molar-refractivity contribution in [2.75, 3.05) is 40.0 Å². The largest absolute Gasteiger partial charge is 0.389 e. The summed E-state index contributed by atoms with van der Waals surface area (Å²) in [5.41, 5.74) is 0. The van der Waals surface area contributed by atoms with E-state index in [0.717, 1.165) is 25.0 Å². The van der Waals surface area contributed by atoms with Crippen LogP contribution in [0.3, 0.4) is 0 Å². The number of aliphatic hydroxyl groups is 1. The standard InChI is InChI=1S/C14H27NO3/c1-17-8-9-18-11-13(16)10-15-7-6-12-4-2-3-5-14(12)15/h12-14,16H,2-11H2,1H3. The Morgan fingerprint density at radius 3 is 2.89 bits per heavy atom. The number of β-amino-alcohol motifs (C(OH)–C–C–N with tert-alkyl or cyclic N) is 1. The van der Waals surface area contributed by atoms with Gasteiger partial charge >= 0.3 is 0 Å². The van der Waals surface area contributed by atoms with Crippen LogP contribution >= 0.6 is 0 Å². The highest BCUT2D eigenvalue weighted by molar-refractivity contribution is 4.90. The number of hydrogen-bond donors (Lipinski definition) is 1. The minimum absolute atomic E-state index is 0.359. The second kappa shape index (κ2) is 7.43. The first-order valence-electron chi connectivity index (χ1n) is 7.30. The van der Waals surface area contributed by atoms with Gasteiger partial charge in [0.25, 0.3) is 0 Å². The van der Waals surface area contributed by atoms with Crippen molar-refractivity contribution in [2.24, 2.45) is 5.92 Å². The summed E-state index contributed by atoms with van der Waals surface area (Å²) in [6.07, 6.45) is 6.43. The fourth-order valence-corrected chi connectivity index (χ4v) is 3.41. The van der Waals surface area contributed by atoms with Crippen LogP contribution in [0.5, 0.6) is 0 Å². The molecule has 4 heteroatoms. The van der Waals surface area contributed by atoms with Gasteiger partial charge in [0.2, 0.25) is 0 Å². The van der Waals surface area contributed by atoms with E-state index in [4.69, 9.17) is 9.47 Å². The predicted octanol–water partition coefficient (Wildman–Crippen LogP) is 1.27. The van der Waals surface area contributed by atoms with E-state index in [-0.39, 0.29) is 6.10 Å². The first-order chi connectivity index (χ1) is 8.81.